The summed E-state index contributed by atoms with van der Waals surface area (Å²) < 4.78 is 34.8. The molecule has 2 N–H and O–H groups in total. The molecule has 129 valence electrons. The van der Waals surface area contributed by atoms with Gasteiger partial charge < -0.3 is 9.29 Å². The minimum absolute atomic E-state index is 0. The molecule has 2 aromatic carbocycles. The Hall–Kier alpha value is -1.90. The first kappa shape index (κ1) is 20.4. The number of phenols is 1. The Kier molecular flexibility index (Phi) is 6.80. The van der Waals surface area contributed by atoms with Crippen molar-refractivity contribution in [2.45, 2.75) is 5.92 Å². The number of benzene rings is 2. The third kappa shape index (κ3) is 5.30. The largest absolute Gasteiger partial charge is 0.508 e. The minimum atomic E-state index is -4.56. The van der Waals surface area contributed by atoms with Crippen LogP contribution in [0.15, 0.2) is 72.9 Å². The number of hydrogen-bond acceptors (Lipinski definition) is 5. The first-order valence-corrected chi connectivity index (χ1v) is 8.75. The Labute approximate surface area is 173 Å². The summed E-state index contributed by atoms with van der Waals surface area (Å²) in [6, 6.07) is 18.7. The second-order valence-electron chi connectivity index (χ2n) is 5.36. The number of aromatic nitrogens is 1. The van der Waals surface area contributed by atoms with Crippen molar-refractivity contribution in [3.63, 3.8) is 0 Å². The van der Waals surface area contributed by atoms with E-state index in [0.29, 0.717) is 0 Å². The Bertz CT molecular complexity index is 945. The number of rotatable bonds is 5. The van der Waals surface area contributed by atoms with E-state index in [0.717, 1.165) is 16.8 Å². The first-order chi connectivity index (χ1) is 11.9. The van der Waals surface area contributed by atoms with E-state index in [-0.39, 0.29) is 47.0 Å². The fraction of sp³-hybridized carbons (Fsp3) is 0.0556. The summed E-state index contributed by atoms with van der Waals surface area (Å²) in [5, 5.41) is 9.51. The molecule has 26 heavy (non-hydrogen) atoms. The molecule has 0 aliphatic heterocycles. The van der Waals surface area contributed by atoms with E-state index in [1.807, 2.05) is 18.2 Å². The van der Waals surface area contributed by atoms with Crippen molar-refractivity contribution in [1.82, 2.24) is 4.98 Å². The average molecular weight is 380 g/mol. The van der Waals surface area contributed by atoms with Gasteiger partial charge in [-0.25, -0.2) is 0 Å². The number of nitrogens with zero attached hydrogens (tertiary/aromatic N) is 1. The van der Waals surface area contributed by atoms with Crippen molar-refractivity contribution in [3.05, 3.63) is 89.7 Å². The van der Waals surface area contributed by atoms with Crippen LogP contribution in [0.25, 0.3) is 0 Å². The van der Waals surface area contributed by atoms with E-state index >= 15 is 0 Å². The van der Waals surface area contributed by atoms with Crippen LogP contribution < -0.4 is 4.18 Å². The number of hydrogen-bond donors (Lipinski definition) is 2. The Morgan fingerprint density at radius 3 is 1.96 bits per heavy atom. The van der Waals surface area contributed by atoms with Gasteiger partial charge in [-0.15, -0.1) is 0 Å². The number of aromatic hydroxyl groups is 1. The third-order valence-corrected chi connectivity index (χ3v) is 4.03. The van der Waals surface area contributed by atoms with Gasteiger partial charge in [0.15, 0.2) is 0 Å². The monoisotopic (exact) mass is 380 g/mol. The Morgan fingerprint density at radius 2 is 1.46 bits per heavy atom. The predicted molar refractivity (Wildman–Crippen MR) is 97.7 cm³/mol. The van der Waals surface area contributed by atoms with Crippen LogP contribution >= 0.6 is 0 Å². The molecular formula is C18H15NNaO5S. The van der Waals surface area contributed by atoms with Crippen LogP contribution in [0.1, 0.15) is 22.7 Å². The van der Waals surface area contributed by atoms with Crippen molar-refractivity contribution in [2.24, 2.45) is 0 Å². The van der Waals surface area contributed by atoms with Gasteiger partial charge >= 0.3 is 10.4 Å². The van der Waals surface area contributed by atoms with E-state index in [2.05, 4.69) is 9.17 Å². The molecule has 0 amide bonds. The maximum absolute atomic E-state index is 10.8. The van der Waals surface area contributed by atoms with Gasteiger partial charge in [-0.3, -0.25) is 9.54 Å². The molecule has 0 saturated carbocycles. The molecule has 1 radical (unpaired) electrons. The van der Waals surface area contributed by atoms with Crippen LogP contribution in [0.2, 0.25) is 0 Å². The zero-order valence-electron chi connectivity index (χ0n) is 14.0. The summed E-state index contributed by atoms with van der Waals surface area (Å²) >= 11 is 0. The molecule has 0 aliphatic rings. The second kappa shape index (κ2) is 8.66. The fourth-order valence-corrected chi connectivity index (χ4v) is 2.94. The molecule has 0 bridgehead atoms. The van der Waals surface area contributed by atoms with Gasteiger partial charge in [-0.05, 0) is 47.5 Å². The first-order valence-electron chi connectivity index (χ1n) is 7.39. The fourth-order valence-electron chi connectivity index (χ4n) is 2.58. The topological polar surface area (TPSA) is 96.7 Å². The van der Waals surface area contributed by atoms with Crippen LogP contribution in [0.5, 0.6) is 11.5 Å². The summed E-state index contributed by atoms with van der Waals surface area (Å²) in [5.74, 6) is -0.0290. The van der Waals surface area contributed by atoms with Crippen LogP contribution in [-0.4, -0.2) is 52.6 Å². The zero-order chi connectivity index (χ0) is 17.9. The summed E-state index contributed by atoms with van der Waals surface area (Å²) in [4.78, 5) is 4.41. The second-order valence-corrected chi connectivity index (χ2v) is 6.38. The van der Waals surface area contributed by atoms with Crippen molar-refractivity contribution in [1.29, 1.82) is 0 Å². The van der Waals surface area contributed by atoms with Crippen LogP contribution in [-0.2, 0) is 10.4 Å². The zero-order valence-corrected chi connectivity index (χ0v) is 16.8. The van der Waals surface area contributed by atoms with Crippen molar-refractivity contribution in [2.75, 3.05) is 0 Å². The molecule has 0 aliphatic carbocycles. The molecule has 0 fully saturated rings. The smallest absolute Gasteiger partial charge is 0.446 e. The maximum Gasteiger partial charge on any atom is 0.446 e. The molecule has 6 nitrogen and oxygen atoms in total. The normalized spacial score (nSPS) is 12.0. The van der Waals surface area contributed by atoms with Crippen LogP contribution in [0, 0.1) is 0 Å². The molecule has 1 unspecified atom stereocenters. The number of pyridine rings is 1. The Morgan fingerprint density at radius 1 is 0.885 bits per heavy atom. The molecule has 1 atom stereocenters. The summed E-state index contributed by atoms with van der Waals surface area (Å²) in [5.41, 5.74) is 2.57. The molecule has 0 saturated heterocycles. The standard InChI is InChI=1S/C18H15NO5S.Na/c20-15-8-4-13(5-9-15)18(17-3-1-2-12-19-17)14-6-10-16(11-7-14)24-25(21,22)23;/h1-12,18,20H,(H,21,22,23);. The molecule has 3 rings (SSSR count). The van der Waals surface area contributed by atoms with Gasteiger partial charge in [0.1, 0.15) is 11.5 Å². The molecular weight excluding hydrogens is 365 g/mol. The maximum atomic E-state index is 10.8. The summed E-state index contributed by atoms with van der Waals surface area (Å²) in [6.07, 6.45) is 1.69. The van der Waals surface area contributed by atoms with E-state index in [4.69, 9.17) is 4.55 Å². The molecule has 3 aromatic rings. The summed E-state index contributed by atoms with van der Waals surface area (Å²) in [6.45, 7) is 0. The minimum Gasteiger partial charge on any atom is -0.508 e. The van der Waals surface area contributed by atoms with Gasteiger partial charge in [0, 0.05) is 35.8 Å². The van der Waals surface area contributed by atoms with Crippen LogP contribution in [0.3, 0.4) is 0 Å². The van der Waals surface area contributed by atoms with Crippen LogP contribution in [0.4, 0.5) is 0 Å². The van der Waals surface area contributed by atoms with Gasteiger partial charge in [0.2, 0.25) is 0 Å². The molecule has 0 spiro atoms. The van der Waals surface area contributed by atoms with E-state index in [1.165, 1.54) is 12.1 Å². The Balaban J connectivity index is 0.00000243. The van der Waals surface area contributed by atoms with E-state index in [1.54, 1.807) is 42.6 Å². The molecule has 1 heterocycles. The summed E-state index contributed by atoms with van der Waals surface area (Å²) in [7, 11) is -4.56. The third-order valence-electron chi connectivity index (χ3n) is 3.62. The quantitative estimate of drug-likeness (QED) is 0.522. The van der Waals surface area contributed by atoms with Gasteiger partial charge in [0.05, 0.1) is 11.6 Å². The van der Waals surface area contributed by atoms with Gasteiger partial charge in [-0.1, -0.05) is 30.3 Å². The predicted octanol–water partition coefficient (Wildman–Crippen LogP) is 2.77. The van der Waals surface area contributed by atoms with Crippen molar-refractivity contribution >= 4 is 40.0 Å². The van der Waals surface area contributed by atoms with Crippen molar-refractivity contribution < 1.29 is 22.3 Å². The van der Waals surface area contributed by atoms with Gasteiger partial charge in [0.25, 0.3) is 0 Å². The average Bonchev–Trinajstić information content (AvgIpc) is 2.58. The SMILES string of the molecule is O=S(=O)(O)Oc1ccc(C(c2ccc(O)cc2)c2ccccn2)cc1.[Na]. The van der Waals surface area contributed by atoms with E-state index in [9.17, 15) is 13.5 Å². The molecule has 8 heteroatoms. The van der Waals surface area contributed by atoms with Crippen molar-refractivity contribution in [3.8, 4) is 11.5 Å². The van der Waals surface area contributed by atoms with Gasteiger partial charge in [-0.2, -0.15) is 8.42 Å². The molecule has 1 aromatic heterocycles. The van der Waals surface area contributed by atoms with E-state index < -0.39 is 10.4 Å². The number of phenolic OH excluding ortho intramolecular Hbond substituents is 1.